The second kappa shape index (κ2) is 5.37. The Morgan fingerprint density at radius 2 is 2.00 bits per heavy atom. The first-order chi connectivity index (χ1) is 9.65. The summed E-state index contributed by atoms with van der Waals surface area (Å²) < 4.78 is 0. The predicted molar refractivity (Wildman–Crippen MR) is 80.7 cm³/mol. The molecule has 1 fully saturated rings. The molecule has 1 aliphatic rings. The maximum atomic E-state index is 12.1. The first kappa shape index (κ1) is 13.3. The zero-order valence-electron chi connectivity index (χ0n) is 12.1. The van der Waals surface area contributed by atoms with Gasteiger partial charge in [-0.3, -0.25) is 9.69 Å². The van der Waals surface area contributed by atoms with Gasteiger partial charge in [0.1, 0.15) is 5.82 Å². The smallest absolute Gasteiger partial charge is 0.258 e. The summed E-state index contributed by atoms with van der Waals surface area (Å²) in [6.45, 7) is 6.60. The number of rotatable bonds is 2. The highest BCUT2D eigenvalue weighted by atomic mass is 16.1. The van der Waals surface area contributed by atoms with Crippen molar-refractivity contribution in [1.29, 1.82) is 0 Å². The van der Waals surface area contributed by atoms with Crippen LogP contribution in [0.2, 0.25) is 0 Å². The molecule has 3 rings (SSSR count). The number of nitrogens with zero attached hydrogens (tertiary/aromatic N) is 2. The van der Waals surface area contributed by atoms with E-state index in [1.165, 1.54) is 12.8 Å². The van der Waals surface area contributed by atoms with E-state index in [0.29, 0.717) is 5.39 Å². The molecule has 0 spiro atoms. The van der Waals surface area contributed by atoms with Gasteiger partial charge in [-0.2, -0.15) is 0 Å². The highest BCUT2D eigenvalue weighted by molar-refractivity contribution is 5.77. The van der Waals surface area contributed by atoms with Crippen LogP contribution in [0.3, 0.4) is 0 Å². The molecule has 4 nitrogen and oxygen atoms in total. The third-order valence-electron chi connectivity index (χ3n) is 4.39. The van der Waals surface area contributed by atoms with Crippen LogP contribution in [0, 0.1) is 5.92 Å². The first-order valence-electron chi connectivity index (χ1n) is 7.38. The van der Waals surface area contributed by atoms with E-state index in [0.717, 1.165) is 30.3 Å². The van der Waals surface area contributed by atoms with E-state index < -0.39 is 0 Å². The van der Waals surface area contributed by atoms with Gasteiger partial charge < -0.3 is 4.98 Å². The van der Waals surface area contributed by atoms with E-state index >= 15 is 0 Å². The number of aromatic nitrogens is 2. The molecule has 20 heavy (non-hydrogen) atoms. The van der Waals surface area contributed by atoms with Crippen molar-refractivity contribution in [2.24, 2.45) is 5.92 Å². The predicted octanol–water partition coefficient (Wildman–Crippen LogP) is 2.72. The van der Waals surface area contributed by atoms with Crippen molar-refractivity contribution in [3.63, 3.8) is 0 Å². The number of nitrogens with one attached hydrogen (secondary N) is 1. The molecule has 0 amide bonds. The molecule has 0 radical (unpaired) electrons. The van der Waals surface area contributed by atoms with Crippen LogP contribution in [-0.2, 0) is 0 Å². The van der Waals surface area contributed by atoms with Crippen LogP contribution < -0.4 is 5.56 Å². The van der Waals surface area contributed by atoms with E-state index in [1.807, 2.05) is 24.3 Å². The monoisotopic (exact) mass is 271 g/mol. The van der Waals surface area contributed by atoms with E-state index in [4.69, 9.17) is 0 Å². The standard InChI is InChI=1S/C16H21N3O/c1-11-7-9-19(10-8-11)12(2)15-17-14-6-4-3-5-13(14)16(20)18-15/h3-6,11-12H,7-10H2,1-2H3,(H,17,18,20)/t12-/m0/s1. The molecule has 1 saturated heterocycles. The van der Waals surface area contributed by atoms with Crippen LogP contribution in [0.1, 0.15) is 38.6 Å². The molecule has 0 aliphatic carbocycles. The average molecular weight is 271 g/mol. The molecule has 1 aromatic heterocycles. The Kier molecular flexibility index (Phi) is 3.57. The summed E-state index contributed by atoms with van der Waals surface area (Å²) >= 11 is 0. The van der Waals surface area contributed by atoms with Crippen molar-refractivity contribution in [2.45, 2.75) is 32.7 Å². The molecule has 1 aromatic carbocycles. The Morgan fingerprint density at radius 3 is 2.75 bits per heavy atom. The van der Waals surface area contributed by atoms with Gasteiger partial charge in [0.2, 0.25) is 0 Å². The molecule has 1 atom stereocenters. The quantitative estimate of drug-likeness (QED) is 0.913. The summed E-state index contributed by atoms with van der Waals surface area (Å²) in [5.74, 6) is 1.59. The summed E-state index contributed by atoms with van der Waals surface area (Å²) in [6.07, 6.45) is 2.45. The van der Waals surface area contributed by atoms with Crippen LogP contribution in [0.4, 0.5) is 0 Å². The lowest BCUT2D eigenvalue weighted by Crippen LogP contribution is -2.36. The largest absolute Gasteiger partial charge is 0.309 e. The molecule has 1 aliphatic heterocycles. The number of likely N-dealkylation sites (tertiary alicyclic amines) is 1. The topological polar surface area (TPSA) is 49.0 Å². The highest BCUT2D eigenvalue weighted by Gasteiger charge is 2.23. The number of aromatic amines is 1. The molecule has 0 saturated carbocycles. The highest BCUT2D eigenvalue weighted by Crippen LogP contribution is 2.24. The normalized spacial score (nSPS) is 19.3. The maximum absolute atomic E-state index is 12.1. The lowest BCUT2D eigenvalue weighted by Gasteiger charge is -2.34. The summed E-state index contributed by atoms with van der Waals surface area (Å²) in [5.41, 5.74) is 0.742. The maximum Gasteiger partial charge on any atom is 0.258 e. The molecular weight excluding hydrogens is 250 g/mol. The summed E-state index contributed by atoms with van der Waals surface area (Å²) in [5, 5.41) is 0.663. The Labute approximate surface area is 118 Å². The fourth-order valence-electron chi connectivity index (χ4n) is 2.89. The van der Waals surface area contributed by atoms with E-state index in [-0.39, 0.29) is 11.6 Å². The van der Waals surface area contributed by atoms with Gasteiger partial charge >= 0.3 is 0 Å². The fourth-order valence-corrected chi connectivity index (χ4v) is 2.89. The van der Waals surface area contributed by atoms with Gasteiger partial charge in [0.25, 0.3) is 5.56 Å². The van der Waals surface area contributed by atoms with Gasteiger partial charge in [0, 0.05) is 0 Å². The first-order valence-corrected chi connectivity index (χ1v) is 7.38. The molecular formula is C16H21N3O. The van der Waals surface area contributed by atoms with Crippen LogP contribution in [-0.4, -0.2) is 28.0 Å². The van der Waals surface area contributed by atoms with Crippen molar-refractivity contribution >= 4 is 10.9 Å². The van der Waals surface area contributed by atoms with Gasteiger partial charge in [-0.1, -0.05) is 19.1 Å². The zero-order chi connectivity index (χ0) is 14.1. The minimum Gasteiger partial charge on any atom is -0.309 e. The number of benzene rings is 1. The third kappa shape index (κ3) is 2.48. The van der Waals surface area contributed by atoms with Gasteiger partial charge in [-0.25, -0.2) is 4.98 Å². The molecule has 0 bridgehead atoms. The van der Waals surface area contributed by atoms with Crippen LogP contribution >= 0.6 is 0 Å². The minimum atomic E-state index is -0.0390. The Balaban J connectivity index is 1.92. The minimum absolute atomic E-state index is 0.0390. The Hall–Kier alpha value is -1.68. The van der Waals surface area contributed by atoms with Gasteiger partial charge in [-0.05, 0) is 50.9 Å². The lowest BCUT2D eigenvalue weighted by atomic mass is 9.98. The number of fused-ring (bicyclic) bond motifs is 1. The summed E-state index contributed by atoms with van der Waals surface area (Å²) in [6, 6.07) is 7.68. The van der Waals surface area contributed by atoms with Crippen molar-refractivity contribution in [3.8, 4) is 0 Å². The van der Waals surface area contributed by atoms with Crippen molar-refractivity contribution in [2.75, 3.05) is 13.1 Å². The number of piperidine rings is 1. The van der Waals surface area contributed by atoms with E-state index in [1.54, 1.807) is 0 Å². The molecule has 0 unspecified atom stereocenters. The summed E-state index contributed by atoms with van der Waals surface area (Å²) in [4.78, 5) is 22.1. The van der Waals surface area contributed by atoms with E-state index in [2.05, 4.69) is 28.7 Å². The molecule has 1 N–H and O–H groups in total. The van der Waals surface area contributed by atoms with Crippen LogP contribution in [0.25, 0.3) is 10.9 Å². The van der Waals surface area contributed by atoms with Crippen molar-refractivity contribution < 1.29 is 0 Å². The SMILES string of the molecule is CC1CCN([C@@H](C)c2nc3ccccc3c(=O)[nH]2)CC1. The Bertz CT molecular complexity index is 656. The average Bonchev–Trinajstić information content (AvgIpc) is 2.47. The number of para-hydroxylation sites is 1. The molecule has 106 valence electrons. The van der Waals surface area contributed by atoms with Gasteiger partial charge in [-0.15, -0.1) is 0 Å². The molecule has 2 heterocycles. The second-order valence-electron chi connectivity index (χ2n) is 5.86. The zero-order valence-corrected chi connectivity index (χ0v) is 12.1. The molecule has 4 heteroatoms. The third-order valence-corrected chi connectivity index (χ3v) is 4.39. The number of H-pyrrole nitrogens is 1. The Morgan fingerprint density at radius 1 is 1.30 bits per heavy atom. The number of hydrogen-bond donors (Lipinski definition) is 1. The van der Waals surface area contributed by atoms with Crippen molar-refractivity contribution in [3.05, 3.63) is 40.4 Å². The van der Waals surface area contributed by atoms with Gasteiger partial charge in [0.05, 0.1) is 16.9 Å². The lowest BCUT2D eigenvalue weighted by molar-refractivity contribution is 0.142. The van der Waals surface area contributed by atoms with Gasteiger partial charge in [0.15, 0.2) is 0 Å². The van der Waals surface area contributed by atoms with Crippen LogP contribution in [0.5, 0.6) is 0 Å². The summed E-state index contributed by atoms with van der Waals surface area (Å²) in [7, 11) is 0. The second-order valence-corrected chi connectivity index (χ2v) is 5.86. The molecule has 2 aromatic rings. The van der Waals surface area contributed by atoms with E-state index in [9.17, 15) is 4.79 Å². The fraction of sp³-hybridized carbons (Fsp3) is 0.500. The van der Waals surface area contributed by atoms with Crippen LogP contribution in [0.15, 0.2) is 29.1 Å². The number of hydrogen-bond acceptors (Lipinski definition) is 3. The van der Waals surface area contributed by atoms with Crippen molar-refractivity contribution in [1.82, 2.24) is 14.9 Å².